The lowest BCUT2D eigenvalue weighted by Gasteiger charge is -2.31. The second-order valence-corrected chi connectivity index (χ2v) is 6.02. The van der Waals surface area contributed by atoms with E-state index in [1.54, 1.807) is 0 Å². The minimum Gasteiger partial charge on any atom is -0.383 e. The van der Waals surface area contributed by atoms with Gasteiger partial charge in [-0.2, -0.15) is 0 Å². The molecule has 0 radical (unpaired) electrons. The lowest BCUT2D eigenvalue weighted by atomic mass is 10.0. The number of hydrogen-bond donors (Lipinski definition) is 1. The molecule has 1 aromatic rings. The molecule has 0 bridgehead atoms. The first kappa shape index (κ1) is 12.3. The Hall–Kier alpha value is -0.740. The van der Waals surface area contributed by atoms with E-state index in [-0.39, 0.29) is 0 Å². The fourth-order valence-corrected chi connectivity index (χ4v) is 3.34. The van der Waals surface area contributed by atoms with Crippen LogP contribution in [0, 0.1) is 5.92 Å². The van der Waals surface area contributed by atoms with Crippen LogP contribution in [0.1, 0.15) is 13.3 Å². The number of rotatable bonds is 2. The van der Waals surface area contributed by atoms with Gasteiger partial charge in [-0.3, -0.25) is 0 Å². The lowest BCUT2D eigenvalue weighted by Crippen LogP contribution is -2.41. The van der Waals surface area contributed by atoms with Gasteiger partial charge in [0.2, 0.25) is 0 Å². The molecule has 0 amide bonds. The molecule has 2 aliphatic rings. The van der Waals surface area contributed by atoms with Crippen LogP contribution in [0.25, 0.3) is 0 Å². The number of anilines is 2. The minimum absolute atomic E-state index is 0.528. The van der Waals surface area contributed by atoms with Crippen molar-refractivity contribution in [3.63, 3.8) is 0 Å². The molecule has 2 heterocycles. The van der Waals surface area contributed by atoms with E-state index in [9.17, 15) is 0 Å². The Kier molecular flexibility index (Phi) is 3.48. The van der Waals surface area contributed by atoms with Crippen molar-refractivity contribution in [1.82, 2.24) is 0 Å². The highest BCUT2D eigenvalue weighted by molar-refractivity contribution is 9.10. The van der Waals surface area contributed by atoms with Crippen LogP contribution >= 0.6 is 15.9 Å². The predicted octanol–water partition coefficient (Wildman–Crippen LogP) is 3.11. The average molecular weight is 311 g/mol. The highest BCUT2D eigenvalue weighted by atomic mass is 79.9. The van der Waals surface area contributed by atoms with E-state index >= 15 is 0 Å². The average Bonchev–Trinajstić information content (AvgIpc) is 2.77. The van der Waals surface area contributed by atoms with Gasteiger partial charge in [-0.15, -0.1) is 0 Å². The van der Waals surface area contributed by atoms with E-state index in [0.717, 1.165) is 30.8 Å². The van der Waals surface area contributed by atoms with Crippen molar-refractivity contribution in [2.75, 3.05) is 36.5 Å². The van der Waals surface area contributed by atoms with E-state index in [4.69, 9.17) is 4.74 Å². The number of fused-ring (bicyclic) bond motifs is 2. The van der Waals surface area contributed by atoms with Gasteiger partial charge in [0.1, 0.15) is 0 Å². The van der Waals surface area contributed by atoms with Crippen LogP contribution < -0.4 is 10.2 Å². The number of ether oxygens (including phenoxy) is 1. The van der Waals surface area contributed by atoms with Gasteiger partial charge in [-0.05, 0) is 24.6 Å². The Labute approximate surface area is 117 Å². The van der Waals surface area contributed by atoms with Crippen LogP contribution in [0.5, 0.6) is 0 Å². The van der Waals surface area contributed by atoms with Crippen molar-refractivity contribution in [3.05, 3.63) is 22.7 Å². The molecule has 3 nitrogen and oxygen atoms in total. The SMILES string of the molecule is CCCN1c2ccc(Br)cc2NCC2COCC21. The van der Waals surface area contributed by atoms with Crippen molar-refractivity contribution >= 4 is 27.3 Å². The summed E-state index contributed by atoms with van der Waals surface area (Å²) in [4.78, 5) is 2.53. The monoisotopic (exact) mass is 310 g/mol. The van der Waals surface area contributed by atoms with Crippen LogP contribution in [-0.2, 0) is 4.74 Å². The zero-order valence-electron chi connectivity index (χ0n) is 10.7. The maximum atomic E-state index is 5.67. The highest BCUT2D eigenvalue weighted by Crippen LogP contribution is 2.36. The molecule has 4 heteroatoms. The first-order valence-corrected chi connectivity index (χ1v) is 7.46. The van der Waals surface area contributed by atoms with Gasteiger partial charge in [0.05, 0.1) is 30.6 Å². The number of halogens is 1. The largest absolute Gasteiger partial charge is 0.383 e. The zero-order chi connectivity index (χ0) is 12.5. The third-order valence-electron chi connectivity index (χ3n) is 3.85. The van der Waals surface area contributed by atoms with Gasteiger partial charge >= 0.3 is 0 Å². The molecule has 2 aliphatic heterocycles. The summed E-state index contributed by atoms with van der Waals surface area (Å²) in [6.45, 7) is 6.09. The van der Waals surface area contributed by atoms with Crippen LogP contribution in [-0.4, -0.2) is 32.3 Å². The summed E-state index contributed by atoms with van der Waals surface area (Å²) in [5, 5.41) is 3.57. The van der Waals surface area contributed by atoms with Gasteiger partial charge in [-0.1, -0.05) is 22.9 Å². The topological polar surface area (TPSA) is 24.5 Å². The second-order valence-electron chi connectivity index (χ2n) is 5.10. The third-order valence-corrected chi connectivity index (χ3v) is 4.35. The first-order chi connectivity index (χ1) is 8.79. The van der Waals surface area contributed by atoms with E-state index in [1.807, 2.05) is 0 Å². The molecule has 1 saturated heterocycles. The van der Waals surface area contributed by atoms with Gasteiger partial charge < -0.3 is 15.0 Å². The Morgan fingerprint density at radius 2 is 2.33 bits per heavy atom. The molecule has 3 rings (SSSR count). The fourth-order valence-electron chi connectivity index (χ4n) is 2.97. The van der Waals surface area contributed by atoms with Crippen molar-refractivity contribution in [2.45, 2.75) is 19.4 Å². The van der Waals surface area contributed by atoms with Crippen LogP contribution in [0.4, 0.5) is 11.4 Å². The number of hydrogen-bond acceptors (Lipinski definition) is 3. The minimum atomic E-state index is 0.528. The van der Waals surface area contributed by atoms with Crippen molar-refractivity contribution < 1.29 is 4.74 Å². The summed E-state index contributed by atoms with van der Waals surface area (Å²) < 4.78 is 6.80. The van der Waals surface area contributed by atoms with E-state index in [0.29, 0.717) is 12.0 Å². The molecule has 0 aromatic heterocycles. The number of nitrogens with one attached hydrogen (secondary N) is 1. The molecule has 2 atom stereocenters. The Balaban J connectivity index is 2.00. The molecule has 1 N–H and O–H groups in total. The smallest absolute Gasteiger partial charge is 0.0674 e. The highest BCUT2D eigenvalue weighted by Gasteiger charge is 2.35. The van der Waals surface area contributed by atoms with Crippen molar-refractivity contribution in [2.24, 2.45) is 5.92 Å². The van der Waals surface area contributed by atoms with Crippen LogP contribution in [0.3, 0.4) is 0 Å². The van der Waals surface area contributed by atoms with Crippen molar-refractivity contribution in [1.29, 1.82) is 0 Å². The molecule has 0 aliphatic carbocycles. The van der Waals surface area contributed by atoms with E-state index in [1.165, 1.54) is 17.8 Å². The van der Waals surface area contributed by atoms with E-state index in [2.05, 4.69) is 51.3 Å². The Morgan fingerprint density at radius 3 is 3.17 bits per heavy atom. The normalized spacial score (nSPS) is 26.2. The van der Waals surface area contributed by atoms with E-state index < -0.39 is 0 Å². The van der Waals surface area contributed by atoms with Gasteiger partial charge in [0.25, 0.3) is 0 Å². The zero-order valence-corrected chi connectivity index (χ0v) is 12.2. The number of nitrogens with zero attached hydrogens (tertiary/aromatic N) is 1. The Bertz CT molecular complexity index is 438. The molecule has 1 aromatic carbocycles. The maximum Gasteiger partial charge on any atom is 0.0674 e. The molecular formula is C14H19BrN2O. The van der Waals surface area contributed by atoms with Gasteiger partial charge in [-0.25, -0.2) is 0 Å². The standard InChI is InChI=1S/C14H19BrN2O/c1-2-5-17-13-4-3-11(15)6-12(13)16-7-10-8-18-9-14(10)17/h3-4,6,10,14,16H,2,5,7-9H2,1H3. The summed E-state index contributed by atoms with van der Waals surface area (Å²) in [5.74, 6) is 0.600. The first-order valence-electron chi connectivity index (χ1n) is 6.67. The maximum absolute atomic E-state index is 5.67. The van der Waals surface area contributed by atoms with Crippen molar-refractivity contribution in [3.8, 4) is 0 Å². The summed E-state index contributed by atoms with van der Waals surface area (Å²) in [6.07, 6.45) is 1.17. The third kappa shape index (κ3) is 2.12. The fraction of sp³-hybridized carbons (Fsp3) is 0.571. The summed E-state index contributed by atoms with van der Waals surface area (Å²) in [5.41, 5.74) is 2.56. The van der Waals surface area contributed by atoms with Gasteiger partial charge in [0.15, 0.2) is 0 Å². The van der Waals surface area contributed by atoms with Gasteiger partial charge in [0, 0.05) is 23.5 Å². The second kappa shape index (κ2) is 5.10. The molecule has 0 spiro atoms. The molecule has 18 heavy (non-hydrogen) atoms. The summed E-state index contributed by atoms with van der Waals surface area (Å²) >= 11 is 3.55. The lowest BCUT2D eigenvalue weighted by molar-refractivity contribution is 0.185. The number of benzene rings is 1. The molecule has 1 fully saturated rings. The molecule has 0 saturated carbocycles. The Morgan fingerprint density at radius 1 is 1.44 bits per heavy atom. The quantitative estimate of drug-likeness (QED) is 0.908. The molecule has 2 unspecified atom stereocenters. The van der Waals surface area contributed by atoms with Crippen LogP contribution in [0.2, 0.25) is 0 Å². The van der Waals surface area contributed by atoms with Crippen LogP contribution in [0.15, 0.2) is 22.7 Å². The predicted molar refractivity (Wildman–Crippen MR) is 78.4 cm³/mol. The molecular weight excluding hydrogens is 292 g/mol. The summed E-state index contributed by atoms with van der Waals surface area (Å²) in [7, 11) is 0. The summed E-state index contributed by atoms with van der Waals surface area (Å²) in [6, 6.07) is 7.04. The molecule has 98 valence electrons.